The summed E-state index contributed by atoms with van der Waals surface area (Å²) in [5.41, 5.74) is 12.8. The van der Waals surface area contributed by atoms with Crippen LogP contribution < -0.4 is 5.73 Å². The molecule has 0 saturated carbocycles. The lowest BCUT2D eigenvalue weighted by Gasteiger charge is -2.14. The van der Waals surface area contributed by atoms with E-state index in [-0.39, 0.29) is 11.5 Å². The van der Waals surface area contributed by atoms with Gasteiger partial charge in [0, 0.05) is 11.8 Å². The fourth-order valence-corrected chi connectivity index (χ4v) is 2.81. The van der Waals surface area contributed by atoms with Gasteiger partial charge in [0.2, 0.25) is 0 Å². The summed E-state index contributed by atoms with van der Waals surface area (Å²) in [4.78, 5) is 4.45. The van der Waals surface area contributed by atoms with E-state index in [9.17, 15) is 4.39 Å². The maximum atomic E-state index is 13.9. The highest BCUT2D eigenvalue weighted by atomic mass is 19.1. The van der Waals surface area contributed by atoms with Crippen molar-refractivity contribution in [1.29, 1.82) is 0 Å². The van der Waals surface area contributed by atoms with Gasteiger partial charge < -0.3 is 5.73 Å². The Hall–Kier alpha value is -2.36. The number of nitrogens with two attached hydrogens (primary N) is 1. The van der Waals surface area contributed by atoms with Crippen molar-refractivity contribution in [1.82, 2.24) is 9.38 Å². The predicted molar refractivity (Wildman–Crippen MR) is 83.9 cm³/mol. The average molecular weight is 283 g/mol. The third-order valence-electron chi connectivity index (χ3n) is 4.24. The number of fused-ring (bicyclic) bond motifs is 1. The standard InChI is InChI=1S/C17H18FN3/c1-9-8-10(2)12(4)14(11(9)3)15-16(19)21-7-5-6-13(18)17(21)20-15/h5-8H,19H2,1-4H3. The van der Waals surface area contributed by atoms with E-state index in [4.69, 9.17) is 5.73 Å². The summed E-state index contributed by atoms with van der Waals surface area (Å²) in [5.74, 6) is 0.107. The second-order valence-electron chi connectivity index (χ2n) is 5.53. The largest absolute Gasteiger partial charge is 0.383 e. The molecule has 0 atom stereocenters. The number of nitrogen functional groups attached to an aromatic ring is 1. The molecule has 0 aliphatic heterocycles. The number of pyridine rings is 1. The first-order valence-electron chi connectivity index (χ1n) is 6.91. The van der Waals surface area contributed by atoms with E-state index >= 15 is 0 Å². The van der Waals surface area contributed by atoms with Crippen molar-refractivity contribution < 1.29 is 4.39 Å². The SMILES string of the molecule is Cc1cc(C)c(C)c(-c2nc3c(F)cccn3c2N)c1C. The molecule has 108 valence electrons. The highest BCUT2D eigenvalue weighted by molar-refractivity contribution is 5.80. The van der Waals surface area contributed by atoms with Crippen molar-refractivity contribution >= 4 is 11.5 Å². The van der Waals surface area contributed by atoms with Gasteiger partial charge in [0.05, 0.1) is 0 Å². The van der Waals surface area contributed by atoms with E-state index in [0.29, 0.717) is 11.5 Å². The van der Waals surface area contributed by atoms with Crippen LogP contribution in [0, 0.1) is 33.5 Å². The third-order valence-corrected chi connectivity index (χ3v) is 4.24. The minimum absolute atomic E-state index is 0.267. The van der Waals surface area contributed by atoms with Crippen molar-refractivity contribution in [2.24, 2.45) is 0 Å². The molecule has 2 aromatic heterocycles. The normalized spacial score (nSPS) is 11.3. The predicted octanol–water partition coefficient (Wildman–Crippen LogP) is 3.96. The number of nitrogens with zero attached hydrogens (tertiary/aromatic N) is 2. The summed E-state index contributed by atoms with van der Waals surface area (Å²) in [6.07, 6.45) is 1.73. The summed E-state index contributed by atoms with van der Waals surface area (Å²) in [6, 6.07) is 5.18. The van der Waals surface area contributed by atoms with Gasteiger partial charge in [0.15, 0.2) is 11.5 Å². The average Bonchev–Trinajstić information content (AvgIpc) is 2.77. The van der Waals surface area contributed by atoms with Crippen molar-refractivity contribution in [3.8, 4) is 11.3 Å². The van der Waals surface area contributed by atoms with Gasteiger partial charge in [-0.05, 0) is 62.1 Å². The molecule has 0 unspecified atom stereocenters. The van der Waals surface area contributed by atoms with E-state index < -0.39 is 0 Å². The van der Waals surface area contributed by atoms with Crippen LogP contribution in [0.2, 0.25) is 0 Å². The summed E-state index contributed by atoms with van der Waals surface area (Å²) < 4.78 is 15.5. The van der Waals surface area contributed by atoms with Gasteiger partial charge in [0.1, 0.15) is 11.5 Å². The molecular weight excluding hydrogens is 265 g/mol. The Bertz CT molecular complexity index is 836. The van der Waals surface area contributed by atoms with Crippen LogP contribution in [0.15, 0.2) is 24.4 Å². The lowest BCUT2D eigenvalue weighted by Crippen LogP contribution is -1.99. The molecule has 1 aromatic carbocycles. The molecule has 2 heterocycles. The van der Waals surface area contributed by atoms with Crippen molar-refractivity contribution in [3.05, 3.63) is 52.5 Å². The van der Waals surface area contributed by atoms with Crippen LogP contribution in [-0.4, -0.2) is 9.38 Å². The van der Waals surface area contributed by atoms with E-state index in [1.54, 1.807) is 16.7 Å². The molecule has 0 aliphatic rings. The van der Waals surface area contributed by atoms with Crippen LogP contribution in [0.3, 0.4) is 0 Å². The van der Waals surface area contributed by atoms with Crippen molar-refractivity contribution in [2.45, 2.75) is 27.7 Å². The first-order chi connectivity index (χ1) is 9.91. The molecule has 0 aliphatic carbocycles. The van der Waals surface area contributed by atoms with Gasteiger partial charge >= 0.3 is 0 Å². The number of aryl methyl sites for hydroxylation is 2. The zero-order valence-electron chi connectivity index (χ0n) is 12.7. The molecule has 0 spiro atoms. The van der Waals surface area contributed by atoms with E-state index in [2.05, 4.69) is 38.7 Å². The number of hydrogen-bond acceptors (Lipinski definition) is 2. The molecule has 0 bridgehead atoms. The highest BCUT2D eigenvalue weighted by Crippen LogP contribution is 2.35. The molecule has 0 radical (unpaired) electrons. The molecule has 21 heavy (non-hydrogen) atoms. The van der Waals surface area contributed by atoms with Crippen LogP contribution >= 0.6 is 0 Å². The molecule has 3 aromatic rings. The number of benzene rings is 1. The van der Waals surface area contributed by atoms with E-state index in [1.165, 1.54) is 17.2 Å². The van der Waals surface area contributed by atoms with Gasteiger partial charge in [-0.25, -0.2) is 9.37 Å². The van der Waals surface area contributed by atoms with Crippen molar-refractivity contribution in [3.63, 3.8) is 0 Å². The quantitative estimate of drug-likeness (QED) is 0.734. The third kappa shape index (κ3) is 1.90. The van der Waals surface area contributed by atoms with Crippen LogP contribution in [0.4, 0.5) is 10.2 Å². The zero-order valence-corrected chi connectivity index (χ0v) is 12.7. The molecule has 3 nitrogen and oxygen atoms in total. The fraction of sp³-hybridized carbons (Fsp3) is 0.235. The fourth-order valence-electron chi connectivity index (χ4n) is 2.81. The Kier molecular flexibility index (Phi) is 2.97. The minimum atomic E-state index is -0.366. The van der Waals surface area contributed by atoms with Crippen LogP contribution in [-0.2, 0) is 0 Å². The Morgan fingerprint density at radius 2 is 1.71 bits per heavy atom. The summed E-state index contributed by atoms with van der Waals surface area (Å²) in [7, 11) is 0. The molecule has 0 amide bonds. The van der Waals surface area contributed by atoms with Crippen molar-refractivity contribution in [2.75, 3.05) is 5.73 Å². The Labute approximate surface area is 123 Å². The lowest BCUT2D eigenvalue weighted by atomic mass is 9.92. The van der Waals surface area contributed by atoms with E-state index in [0.717, 1.165) is 16.7 Å². The van der Waals surface area contributed by atoms with Gasteiger partial charge in [0.25, 0.3) is 0 Å². The second kappa shape index (κ2) is 4.58. The summed E-state index contributed by atoms with van der Waals surface area (Å²) >= 11 is 0. The topological polar surface area (TPSA) is 43.3 Å². The number of rotatable bonds is 1. The number of imidazole rings is 1. The number of hydrogen-bond donors (Lipinski definition) is 1. The second-order valence-corrected chi connectivity index (χ2v) is 5.53. The number of aromatic nitrogens is 2. The molecule has 4 heteroatoms. The van der Waals surface area contributed by atoms with Crippen LogP contribution in [0.1, 0.15) is 22.3 Å². The Morgan fingerprint density at radius 1 is 1.10 bits per heavy atom. The van der Waals surface area contributed by atoms with Gasteiger partial charge in [-0.1, -0.05) is 6.07 Å². The monoisotopic (exact) mass is 283 g/mol. The zero-order chi connectivity index (χ0) is 15.3. The molecule has 0 saturated heterocycles. The Balaban J connectivity index is 2.42. The molecule has 0 fully saturated rings. The number of halogens is 1. The Morgan fingerprint density at radius 3 is 2.29 bits per heavy atom. The minimum Gasteiger partial charge on any atom is -0.383 e. The maximum absolute atomic E-state index is 13.9. The number of anilines is 1. The first kappa shape index (κ1) is 13.6. The smallest absolute Gasteiger partial charge is 0.175 e. The van der Waals surface area contributed by atoms with Gasteiger partial charge in [-0.2, -0.15) is 0 Å². The lowest BCUT2D eigenvalue weighted by molar-refractivity contribution is 0.630. The summed E-state index contributed by atoms with van der Waals surface area (Å²) in [6.45, 7) is 8.24. The molecule has 3 rings (SSSR count). The first-order valence-corrected chi connectivity index (χ1v) is 6.91. The van der Waals surface area contributed by atoms with Crippen LogP contribution in [0.25, 0.3) is 16.9 Å². The summed E-state index contributed by atoms with van der Waals surface area (Å²) in [5, 5.41) is 0. The maximum Gasteiger partial charge on any atom is 0.175 e. The highest BCUT2D eigenvalue weighted by Gasteiger charge is 2.19. The van der Waals surface area contributed by atoms with E-state index in [1.807, 2.05) is 0 Å². The van der Waals surface area contributed by atoms with Crippen LogP contribution in [0.5, 0.6) is 0 Å². The molecule has 2 N–H and O–H groups in total. The van der Waals surface area contributed by atoms with Gasteiger partial charge in [-0.15, -0.1) is 0 Å². The van der Waals surface area contributed by atoms with Gasteiger partial charge in [-0.3, -0.25) is 4.40 Å². The molecular formula is C17H18FN3.